The second-order valence-corrected chi connectivity index (χ2v) is 6.03. The number of ether oxygens (including phenoxy) is 1. The minimum absolute atomic E-state index is 0.376. The SMILES string of the molecule is Cc1ccc(-n2nc(C)cc2OC(=O)c2ccccc2C)c(C)c1. The summed E-state index contributed by atoms with van der Waals surface area (Å²) in [5, 5.41) is 4.48. The van der Waals surface area contributed by atoms with Crippen molar-refractivity contribution in [2.75, 3.05) is 0 Å². The lowest BCUT2D eigenvalue weighted by Crippen LogP contribution is -2.13. The van der Waals surface area contributed by atoms with Crippen LogP contribution in [0.25, 0.3) is 5.69 Å². The summed E-state index contributed by atoms with van der Waals surface area (Å²) in [5.41, 5.74) is 5.40. The van der Waals surface area contributed by atoms with Crippen molar-refractivity contribution in [2.45, 2.75) is 27.7 Å². The van der Waals surface area contributed by atoms with Gasteiger partial charge in [0.15, 0.2) is 0 Å². The van der Waals surface area contributed by atoms with E-state index in [2.05, 4.69) is 11.2 Å². The summed E-state index contributed by atoms with van der Waals surface area (Å²) in [5.74, 6) is 0.0479. The lowest BCUT2D eigenvalue weighted by molar-refractivity contribution is 0.0722. The molecular weight excluding hydrogens is 300 g/mol. The van der Waals surface area contributed by atoms with Crippen molar-refractivity contribution in [3.8, 4) is 11.6 Å². The molecule has 0 aliphatic rings. The second-order valence-electron chi connectivity index (χ2n) is 6.03. The molecule has 0 N–H and O–H groups in total. The van der Waals surface area contributed by atoms with E-state index in [0.717, 1.165) is 22.5 Å². The Hall–Kier alpha value is -2.88. The second kappa shape index (κ2) is 6.32. The molecule has 0 fully saturated rings. The average molecular weight is 320 g/mol. The molecule has 3 rings (SSSR count). The minimum atomic E-state index is -0.376. The summed E-state index contributed by atoms with van der Waals surface area (Å²) in [6.45, 7) is 7.84. The molecule has 3 aromatic rings. The predicted octanol–water partition coefficient (Wildman–Crippen LogP) is 4.33. The van der Waals surface area contributed by atoms with Gasteiger partial charge in [-0.2, -0.15) is 5.10 Å². The maximum Gasteiger partial charge on any atom is 0.345 e. The number of benzene rings is 2. The lowest BCUT2D eigenvalue weighted by Gasteiger charge is -2.11. The van der Waals surface area contributed by atoms with Gasteiger partial charge < -0.3 is 4.74 Å². The van der Waals surface area contributed by atoms with Crippen molar-refractivity contribution >= 4 is 5.97 Å². The van der Waals surface area contributed by atoms with Crippen LogP contribution >= 0.6 is 0 Å². The normalized spacial score (nSPS) is 10.7. The van der Waals surface area contributed by atoms with Gasteiger partial charge in [0.25, 0.3) is 0 Å². The van der Waals surface area contributed by atoms with Crippen LogP contribution in [-0.4, -0.2) is 15.7 Å². The molecule has 0 aliphatic heterocycles. The highest BCUT2D eigenvalue weighted by Crippen LogP contribution is 2.24. The Balaban J connectivity index is 1.98. The Morgan fingerprint density at radius 2 is 1.71 bits per heavy atom. The van der Waals surface area contributed by atoms with Crippen molar-refractivity contribution in [2.24, 2.45) is 0 Å². The highest BCUT2D eigenvalue weighted by Gasteiger charge is 2.17. The molecule has 0 amide bonds. The minimum Gasteiger partial charge on any atom is -0.404 e. The van der Waals surface area contributed by atoms with Crippen LogP contribution in [0.2, 0.25) is 0 Å². The molecule has 1 heterocycles. The van der Waals surface area contributed by atoms with Crippen molar-refractivity contribution < 1.29 is 9.53 Å². The van der Waals surface area contributed by atoms with Crippen LogP contribution in [0.5, 0.6) is 5.88 Å². The third kappa shape index (κ3) is 3.08. The first-order valence-electron chi connectivity index (χ1n) is 7.88. The smallest absolute Gasteiger partial charge is 0.345 e. The fourth-order valence-electron chi connectivity index (χ4n) is 2.72. The molecule has 0 spiro atoms. The molecule has 122 valence electrons. The Morgan fingerprint density at radius 1 is 0.958 bits per heavy atom. The largest absolute Gasteiger partial charge is 0.404 e. The molecule has 2 aromatic carbocycles. The number of aromatic nitrogens is 2. The van der Waals surface area contributed by atoms with E-state index in [1.807, 2.05) is 58.0 Å². The van der Waals surface area contributed by atoms with E-state index < -0.39 is 0 Å². The van der Waals surface area contributed by atoms with E-state index in [-0.39, 0.29) is 5.97 Å². The van der Waals surface area contributed by atoms with Crippen molar-refractivity contribution in [1.82, 2.24) is 9.78 Å². The molecule has 0 bridgehead atoms. The lowest BCUT2D eigenvalue weighted by atomic mass is 10.1. The van der Waals surface area contributed by atoms with E-state index in [9.17, 15) is 4.79 Å². The fourth-order valence-corrected chi connectivity index (χ4v) is 2.72. The number of nitrogens with zero attached hydrogens (tertiary/aromatic N) is 2. The monoisotopic (exact) mass is 320 g/mol. The van der Waals surface area contributed by atoms with Gasteiger partial charge in [-0.25, -0.2) is 9.48 Å². The Kier molecular flexibility index (Phi) is 4.21. The summed E-state index contributed by atoms with van der Waals surface area (Å²) in [7, 11) is 0. The van der Waals surface area contributed by atoms with Crippen LogP contribution < -0.4 is 4.74 Å². The fraction of sp³-hybridized carbons (Fsp3) is 0.200. The number of rotatable bonds is 3. The standard InChI is InChI=1S/C20H20N2O2/c1-13-9-10-18(15(3)11-13)22-19(12-16(4)21-22)24-20(23)17-8-6-5-7-14(17)2/h5-12H,1-4H3. The number of aryl methyl sites for hydroxylation is 4. The molecule has 0 radical (unpaired) electrons. The first-order valence-corrected chi connectivity index (χ1v) is 7.88. The third-order valence-electron chi connectivity index (χ3n) is 3.94. The van der Waals surface area contributed by atoms with Crippen molar-refractivity contribution in [3.63, 3.8) is 0 Å². The van der Waals surface area contributed by atoms with Crippen LogP contribution in [-0.2, 0) is 0 Å². The topological polar surface area (TPSA) is 44.1 Å². The van der Waals surface area contributed by atoms with Gasteiger partial charge in [-0.1, -0.05) is 35.9 Å². The van der Waals surface area contributed by atoms with Gasteiger partial charge in [-0.15, -0.1) is 0 Å². The summed E-state index contributed by atoms with van der Waals surface area (Å²) in [4.78, 5) is 12.5. The molecule has 0 aliphatic carbocycles. The zero-order valence-electron chi connectivity index (χ0n) is 14.3. The Labute approximate surface area is 141 Å². The highest BCUT2D eigenvalue weighted by molar-refractivity contribution is 5.92. The number of esters is 1. The number of carbonyl (C=O) groups is 1. The van der Waals surface area contributed by atoms with Gasteiger partial charge in [-0.05, 0) is 51.0 Å². The van der Waals surface area contributed by atoms with Crippen LogP contribution in [0.1, 0.15) is 32.7 Å². The van der Waals surface area contributed by atoms with Crippen LogP contribution in [0.4, 0.5) is 0 Å². The van der Waals surface area contributed by atoms with E-state index in [1.165, 1.54) is 5.56 Å². The summed E-state index contributed by atoms with van der Waals surface area (Å²) in [6.07, 6.45) is 0. The molecule has 4 nitrogen and oxygen atoms in total. The number of hydrogen-bond donors (Lipinski definition) is 0. The molecule has 0 atom stereocenters. The highest BCUT2D eigenvalue weighted by atomic mass is 16.5. The molecule has 0 unspecified atom stereocenters. The molecule has 24 heavy (non-hydrogen) atoms. The number of carbonyl (C=O) groups excluding carboxylic acids is 1. The van der Waals surface area contributed by atoms with Gasteiger partial charge in [-0.3, -0.25) is 0 Å². The molecule has 4 heteroatoms. The quantitative estimate of drug-likeness (QED) is 0.675. The van der Waals surface area contributed by atoms with Crippen molar-refractivity contribution in [1.29, 1.82) is 0 Å². The third-order valence-corrected chi connectivity index (χ3v) is 3.94. The van der Waals surface area contributed by atoms with E-state index in [1.54, 1.807) is 16.8 Å². The molecule has 1 aromatic heterocycles. The van der Waals surface area contributed by atoms with Gasteiger partial charge in [0.2, 0.25) is 5.88 Å². The Bertz CT molecular complexity index is 910. The molecular formula is C20H20N2O2. The Morgan fingerprint density at radius 3 is 2.42 bits per heavy atom. The van der Waals surface area contributed by atoms with Gasteiger partial charge in [0.05, 0.1) is 16.9 Å². The van der Waals surface area contributed by atoms with Gasteiger partial charge in [0, 0.05) is 6.07 Å². The van der Waals surface area contributed by atoms with Crippen LogP contribution in [0.15, 0.2) is 48.5 Å². The van der Waals surface area contributed by atoms with E-state index in [0.29, 0.717) is 11.4 Å². The van der Waals surface area contributed by atoms with Crippen molar-refractivity contribution in [3.05, 3.63) is 76.5 Å². The zero-order valence-corrected chi connectivity index (χ0v) is 14.3. The van der Waals surface area contributed by atoms with E-state index >= 15 is 0 Å². The van der Waals surface area contributed by atoms with Gasteiger partial charge in [0.1, 0.15) is 0 Å². The maximum atomic E-state index is 12.5. The number of hydrogen-bond acceptors (Lipinski definition) is 3. The van der Waals surface area contributed by atoms with Crippen LogP contribution in [0, 0.1) is 27.7 Å². The first kappa shape index (κ1) is 16.0. The average Bonchev–Trinajstić information content (AvgIpc) is 2.88. The first-order chi connectivity index (χ1) is 11.5. The summed E-state index contributed by atoms with van der Waals surface area (Å²) < 4.78 is 7.32. The summed E-state index contributed by atoms with van der Waals surface area (Å²) in [6, 6.07) is 15.3. The van der Waals surface area contributed by atoms with E-state index in [4.69, 9.17) is 4.74 Å². The van der Waals surface area contributed by atoms with Crippen LogP contribution in [0.3, 0.4) is 0 Å². The molecule has 0 saturated carbocycles. The predicted molar refractivity (Wildman–Crippen MR) is 93.9 cm³/mol. The van der Waals surface area contributed by atoms with Gasteiger partial charge >= 0.3 is 5.97 Å². The summed E-state index contributed by atoms with van der Waals surface area (Å²) >= 11 is 0. The maximum absolute atomic E-state index is 12.5. The zero-order chi connectivity index (χ0) is 17.3. The molecule has 0 saturated heterocycles.